The number of aliphatic hydroxyl groups excluding tert-OH is 1. The minimum atomic E-state index is -0.422. The molecule has 0 saturated heterocycles. The lowest BCUT2D eigenvalue weighted by Gasteiger charge is -2.26. The summed E-state index contributed by atoms with van der Waals surface area (Å²) in [5, 5.41) is 15.2. The van der Waals surface area contributed by atoms with E-state index in [9.17, 15) is 14.7 Å². The Balaban J connectivity index is 2.39. The van der Waals surface area contributed by atoms with Gasteiger partial charge in [-0.25, -0.2) is 0 Å². The molecule has 0 spiro atoms. The molecular formula is C16H23ClN2O3. The molecule has 1 aromatic carbocycles. The first-order valence-electron chi connectivity index (χ1n) is 7.18. The van der Waals surface area contributed by atoms with Crippen molar-refractivity contribution in [1.82, 2.24) is 10.6 Å². The van der Waals surface area contributed by atoms with Crippen LogP contribution in [0.2, 0.25) is 5.02 Å². The van der Waals surface area contributed by atoms with E-state index < -0.39 is 6.10 Å². The molecule has 1 atom stereocenters. The first kappa shape index (κ1) is 18.5. The maximum absolute atomic E-state index is 11.9. The van der Waals surface area contributed by atoms with Gasteiger partial charge in [-0.2, -0.15) is 0 Å². The molecule has 0 radical (unpaired) electrons. The molecule has 0 aromatic heterocycles. The van der Waals surface area contributed by atoms with Crippen molar-refractivity contribution in [3.05, 3.63) is 34.9 Å². The van der Waals surface area contributed by atoms with Gasteiger partial charge in [0.15, 0.2) is 0 Å². The van der Waals surface area contributed by atoms with Crippen LogP contribution in [-0.4, -0.2) is 36.1 Å². The zero-order chi connectivity index (χ0) is 16.8. The highest BCUT2D eigenvalue weighted by molar-refractivity contribution is 6.30. The summed E-state index contributed by atoms with van der Waals surface area (Å²) in [7, 11) is 0. The number of rotatable bonds is 7. The SMILES string of the molecule is CC(O)CC(C)(C)CNC(=O)CNC(=O)c1cccc(Cl)c1. The Morgan fingerprint density at radius 2 is 2.00 bits per heavy atom. The topological polar surface area (TPSA) is 78.4 Å². The van der Waals surface area contributed by atoms with Gasteiger partial charge in [-0.15, -0.1) is 0 Å². The van der Waals surface area contributed by atoms with Crippen LogP contribution in [0.3, 0.4) is 0 Å². The molecule has 0 fully saturated rings. The Morgan fingerprint density at radius 1 is 1.32 bits per heavy atom. The highest BCUT2D eigenvalue weighted by atomic mass is 35.5. The number of nitrogens with one attached hydrogen (secondary N) is 2. The molecule has 1 aromatic rings. The van der Waals surface area contributed by atoms with Crippen molar-refractivity contribution in [2.24, 2.45) is 5.41 Å². The maximum atomic E-state index is 11.9. The van der Waals surface area contributed by atoms with Gasteiger partial charge in [0.25, 0.3) is 5.91 Å². The highest BCUT2D eigenvalue weighted by Crippen LogP contribution is 2.20. The molecule has 0 aliphatic heterocycles. The number of hydrogen-bond donors (Lipinski definition) is 3. The van der Waals surface area contributed by atoms with Gasteiger partial charge in [-0.1, -0.05) is 31.5 Å². The third-order valence-electron chi connectivity index (χ3n) is 3.11. The Bertz CT molecular complexity index is 530. The lowest BCUT2D eigenvalue weighted by atomic mass is 9.87. The zero-order valence-electron chi connectivity index (χ0n) is 13.1. The van der Waals surface area contributed by atoms with E-state index in [4.69, 9.17) is 11.6 Å². The molecule has 5 nitrogen and oxygen atoms in total. The molecule has 0 aliphatic carbocycles. The number of benzene rings is 1. The van der Waals surface area contributed by atoms with Crippen molar-refractivity contribution in [2.75, 3.05) is 13.1 Å². The molecule has 122 valence electrons. The van der Waals surface area contributed by atoms with E-state index >= 15 is 0 Å². The predicted octanol–water partition coefficient (Wildman–Crippen LogP) is 1.98. The molecule has 22 heavy (non-hydrogen) atoms. The minimum Gasteiger partial charge on any atom is -0.393 e. The predicted molar refractivity (Wildman–Crippen MR) is 86.9 cm³/mol. The van der Waals surface area contributed by atoms with E-state index in [-0.39, 0.29) is 23.8 Å². The smallest absolute Gasteiger partial charge is 0.251 e. The van der Waals surface area contributed by atoms with Gasteiger partial charge in [0.2, 0.25) is 5.91 Å². The Hall–Kier alpha value is -1.59. The Labute approximate surface area is 136 Å². The van der Waals surface area contributed by atoms with Crippen molar-refractivity contribution in [3.8, 4) is 0 Å². The van der Waals surface area contributed by atoms with Crippen LogP contribution in [0.5, 0.6) is 0 Å². The van der Waals surface area contributed by atoms with Crippen molar-refractivity contribution in [2.45, 2.75) is 33.3 Å². The number of amides is 2. The van der Waals surface area contributed by atoms with Crippen molar-refractivity contribution >= 4 is 23.4 Å². The molecule has 1 rings (SSSR count). The van der Waals surface area contributed by atoms with E-state index in [2.05, 4.69) is 10.6 Å². The van der Waals surface area contributed by atoms with Crippen molar-refractivity contribution < 1.29 is 14.7 Å². The Morgan fingerprint density at radius 3 is 2.59 bits per heavy atom. The molecule has 0 bridgehead atoms. The van der Waals surface area contributed by atoms with Crippen LogP contribution in [0, 0.1) is 5.41 Å². The second-order valence-electron chi connectivity index (χ2n) is 6.19. The molecule has 1 unspecified atom stereocenters. The standard InChI is InChI=1S/C16H23ClN2O3/c1-11(20)8-16(2,3)10-19-14(21)9-18-15(22)12-5-4-6-13(17)7-12/h4-7,11,20H,8-10H2,1-3H3,(H,18,22)(H,19,21). The quantitative estimate of drug-likeness (QED) is 0.717. The van der Waals surface area contributed by atoms with Gasteiger partial charge in [0, 0.05) is 17.1 Å². The minimum absolute atomic E-state index is 0.101. The number of aliphatic hydroxyl groups is 1. The lowest BCUT2D eigenvalue weighted by Crippen LogP contribution is -2.41. The molecule has 0 aliphatic rings. The summed E-state index contributed by atoms with van der Waals surface area (Å²) in [5.41, 5.74) is 0.204. The monoisotopic (exact) mass is 326 g/mol. The van der Waals surface area contributed by atoms with Crippen LogP contribution in [0.1, 0.15) is 37.6 Å². The van der Waals surface area contributed by atoms with E-state index in [0.717, 1.165) is 0 Å². The van der Waals surface area contributed by atoms with Crippen molar-refractivity contribution in [1.29, 1.82) is 0 Å². The molecule has 3 N–H and O–H groups in total. The molecule has 2 amide bonds. The van der Waals surface area contributed by atoms with E-state index in [1.807, 2.05) is 13.8 Å². The summed E-state index contributed by atoms with van der Waals surface area (Å²) in [4.78, 5) is 23.6. The van der Waals surface area contributed by atoms with Crippen LogP contribution < -0.4 is 10.6 Å². The van der Waals surface area contributed by atoms with Gasteiger partial charge in [-0.05, 0) is 37.0 Å². The first-order chi connectivity index (χ1) is 10.2. The van der Waals surface area contributed by atoms with Crippen LogP contribution >= 0.6 is 11.6 Å². The summed E-state index contributed by atoms with van der Waals surface area (Å²) < 4.78 is 0. The van der Waals surface area contributed by atoms with Gasteiger partial charge in [-0.3, -0.25) is 9.59 Å². The fraction of sp³-hybridized carbons (Fsp3) is 0.500. The van der Waals surface area contributed by atoms with Gasteiger partial charge < -0.3 is 15.7 Å². The zero-order valence-corrected chi connectivity index (χ0v) is 13.9. The molecular weight excluding hydrogens is 304 g/mol. The normalized spacial score (nSPS) is 12.6. The summed E-state index contributed by atoms with van der Waals surface area (Å²) >= 11 is 5.81. The lowest BCUT2D eigenvalue weighted by molar-refractivity contribution is -0.120. The summed E-state index contributed by atoms with van der Waals surface area (Å²) in [6, 6.07) is 6.52. The average molecular weight is 327 g/mol. The van der Waals surface area contributed by atoms with Crippen LogP contribution in [-0.2, 0) is 4.79 Å². The van der Waals surface area contributed by atoms with Gasteiger partial charge >= 0.3 is 0 Å². The average Bonchev–Trinajstić information content (AvgIpc) is 2.41. The third-order valence-corrected chi connectivity index (χ3v) is 3.34. The highest BCUT2D eigenvalue weighted by Gasteiger charge is 2.21. The number of halogens is 1. The molecule has 6 heteroatoms. The fourth-order valence-electron chi connectivity index (χ4n) is 2.16. The largest absolute Gasteiger partial charge is 0.393 e. The number of hydrogen-bond acceptors (Lipinski definition) is 3. The van der Waals surface area contributed by atoms with E-state index in [1.54, 1.807) is 31.2 Å². The second kappa shape index (κ2) is 8.15. The Kier molecular flexibility index (Phi) is 6.84. The summed E-state index contributed by atoms with van der Waals surface area (Å²) in [6.45, 7) is 5.98. The van der Waals surface area contributed by atoms with Crippen LogP contribution in [0.4, 0.5) is 0 Å². The summed E-state index contributed by atoms with van der Waals surface area (Å²) in [6.07, 6.45) is 0.164. The van der Waals surface area contributed by atoms with Crippen LogP contribution in [0.25, 0.3) is 0 Å². The first-order valence-corrected chi connectivity index (χ1v) is 7.56. The van der Waals surface area contributed by atoms with Crippen LogP contribution in [0.15, 0.2) is 24.3 Å². The number of carbonyl (C=O) groups excluding carboxylic acids is 2. The van der Waals surface area contributed by atoms with Gasteiger partial charge in [0.1, 0.15) is 0 Å². The van der Waals surface area contributed by atoms with Gasteiger partial charge in [0.05, 0.1) is 12.6 Å². The molecule has 0 heterocycles. The second-order valence-corrected chi connectivity index (χ2v) is 6.62. The number of carbonyl (C=O) groups is 2. The fourth-order valence-corrected chi connectivity index (χ4v) is 2.35. The van der Waals surface area contributed by atoms with Crippen molar-refractivity contribution in [3.63, 3.8) is 0 Å². The summed E-state index contributed by atoms with van der Waals surface area (Å²) in [5.74, 6) is -0.616. The molecule has 0 saturated carbocycles. The third kappa shape index (κ3) is 6.91. The van der Waals surface area contributed by atoms with E-state index in [0.29, 0.717) is 23.6 Å². The maximum Gasteiger partial charge on any atom is 0.251 e. The van der Waals surface area contributed by atoms with E-state index in [1.165, 1.54) is 0 Å².